The van der Waals surface area contributed by atoms with Crippen LogP contribution < -0.4 is 10.6 Å². The fraction of sp³-hybridized carbons (Fsp3) is 0.357. The number of benzene rings is 1. The fourth-order valence-corrected chi connectivity index (χ4v) is 1.64. The normalized spacial score (nSPS) is 10.3. The van der Waals surface area contributed by atoms with E-state index < -0.39 is 0 Å². The van der Waals surface area contributed by atoms with Gasteiger partial charge in [0.1, 0.15) is 0 Å². The lowest BCUT2D eigenvalue weighted by molar-refractivity contribution is 0.197. The molecule has 1 heterocycles. The van der Waals surface area contributed by atoms with E-state index in [0.29, 0.717) is 11.8 Å². The second-order valence-corrected chi connectivity index (χ2v) is 4.43. The number of aromatic nitrogens is 3. The van der Waals surface area contributed by atoms with E-state index in [1.165, 1.54) is 5.56 Å². The van der Waals surface area contributed by atoms with Crippen molar-refractivity contribution >= 4 is 17.5 Å². The zero-order valence-electron chi connectivity index (χ0n) is 11.8. The predicted octanol–water partition coefficient (Wildman–Crippen LogP) is 2.37. The summed E-state index contributed by atoms with van der Waals surface area (Å²) in [6.07, 6.45) is 2.52. The van der Waals surface area contributed by atoms with Gasteiger partial charge in [-0.2, -0.15) is 10.1 Å². The number of rotatable bonds is 7. The molecule has 0 spiro atoms. The molecule has 1 aromatic heterocycles. The summed E-state index contributed by atoms with van der Waals surface area (Å²) in [6.45, 7) is 3.56. The van der Waals surface area contributed by atoms with Crippen LogP contribution in [0.5, 0.6) is 0 Å². The second-order valence-electron chi connectivity index (χ2n) is 4.43. The van der Waals surface area contributed by atoms with E-state index in [1.807, 2.05) is 31.2 Å². The monoisotopic (exact) mass is 273 g/mol. The van der Waals surface area contributed by atoms with E-state index in [9.17, 15) is 0 Å². The second kappa shape index (κ2) is 7.40. The summed E-state index contributed by atoms with van der Waals surface area (Å²) in [5.41, 5.74) is 2.15. The summed E-state index contributed by atoms with van der Waals surface area (Å²) in [5, 5.41) is 14.2. The zero-order chi connectivity index (χ0) is 14.2. The van der Waals surface area contributed by atoms with Crippen molar-refractivity contribution in [2.75, 3.05) is 30.9 Å². The van der Waals surface area contributed by atoms with E-state index in [-0.39, 0.29) is 0 Å². The van der Waals surface area contributed by atoms with Crippen LogP contribution in [0.2, 0.25) is 0 Å². The molecule has 0 saturated carbocycles. The van der Waals surface area contributed by atoms with E-state index in [0.717, 1.165) is 25.3 Å². The Balaban J connectivity index is 1.93. The van der Waals surface area contributed by atoms with Crippen LogP contribution in [0.25, 0.3) is 0 Å². The third-order valence-electron chi connectivity index (χ3n) is 2.70. The molecule has 2 rings (SSSR count). The van der Waals surface area contributed by atoms with Gasteiger partial charge in [0.2, 0.25) is 5.95 Å². The van der Waals surface area contributed by atoms with Crippen molar-refractivity contribution in [3.05, 3.63) is 36.0 Å². The largest absolute Gasteiger partial charge is 0.385 e. The highest BCUT2D eigenvalue weighted by Crippen LogP contribution is 2.13. The number of hydrogen-bond donors (Lipinski definition) is 2. The predicted molar refractivity (Wildman–Crippen MR) is 79.3 cm³/mol. The van der Waals surface area contributed by atoms with Gasteiger partial charge < -0.3 is 15.4 Å². The molecule has 2 aromatic rings. The molecule has 0 aliphatic carbocycles. The van der Waals surface area contributed by atoms with Crippen molar-refractivity contribution in [1.82, 2.24) is 15.2 Å². The van der Waals surface area contributed by atoms with Gasteiger partial charge in [0, 0.05) is 25.9 Å². The zero-order valence-corrected chi connectivity index (χ0v) is 11.8. The van der Waals surface area contributed by atoms with Crippen molar-refractivity contribution in [3.63, 3.8) is 0 Å². The highest BCUT2D eigenvalue weighted by Gasteiger charge is 2.01. The van der Waals surface area contributed by atoms with Crippen molar-refractivity contribution < 1.29 is 4.74 Å². The first-order chi connectivity index (χ1) is 9.78. The van der Waals surface area contributed by atoms with Gasteiger partial charge in [-0.15, -0.1) is 5.10 Å². The van der Waals surface area contributed by atoms with E-state index in [2.05, 4.69) is 25.8 Å². The molecule has 0 radical (unpaired) electrons. The lowest BCUT2D eigenvalue weighted by Crippen LogP contribution is -2.08. The van der Waals surface area contributed by atoms with Crippen molar-refractivity contribution in [3.8, 4) is 0 Å². The number of hydrogen-bond acceptors (Lipinski definition) is 6. The van der Waals surface area contributed by atoms with E-state index >= 15 is 0 Å². The van der Waals surface area contributed by atoms with Crippen LogP contribution in [0.15, 0.2) is 30.5 Å². The molecule has 0 fully saturated rings. The lowest BCUT2D eigenvalue weighted by atomic mass is 10.2. The van der Waals surface area contributed by atoms with Gasteiger partial charge in [0.25, 0.3) is 0 Å². The number of aryl methyl sites for hydroxylation is 1. The van der Waals surface area contributed by atoms with Crippen LogP contribution in [0, 0.1) is 6.92 Å². The Morgan fingerprint density at radius 3 is 2.75 bits per heavy atom. The maximum atomic E-state index is 4.99. The molecule has 0 aliphatic rings. The highest BCUT2D eigenvalue weighted by atomic mass is 16.5. The molecule has 0 unspecified atom stereocenters. The quantitative estimate of drug-likeness (QED) is 0.755. The molecule has 0 saturated heterocycles. The van der Waals surface area contributed by atoms with Gasteiger partial charge in [0.05, 0.1) is 6.20 Å². The van der Waals surface area contributed by atoms with E-state index in [4.69, 9.17) is 4.74 Å². The van der Waals surface area contributed by atoms with Gasteiger partial charge in [-0.25, -0.2) is 0 Å². The Morgan fingerprint density at radius 1 is 1.20 bits per heavy atom. The van der Waals surface area contributed by atoms with Gasteiger partial charge in [-0.05, 0) is 25.5 Å². The number of anilines is 3. The first kappa shape index (κ1) is 14.2. The molecule has 0 amide bonds. The van der Waals surface area contributed by atoms with Crippen LogP contribution in [-0.4, -0.2) is 35.4 Å². The molecule has 0 atom stereocenters. The number of nitrogens with zero attached hydrogens (tertiary/aromatic N) is 3. The highest BCUT2D eigenvalue weighted by molar-refractivity contribution is 5.54. The Bertz CT molecular complexity index is 529. The Kier molecular flexibility index (Phi) is 5.25. The van der Waals surface area contributed by atoms with Crippen LogP contribution in [0.4, 0.5) is 17.5 Å². The number of methoxy groups -OCH3 is 1. The maximum absolute atomic E-state index is 4.99. The fourth-order valence-electron chi connectivity index (χ4n) is 1.64. The standard InChI is InChI=1S/C14H19N5O/c1-11-4-6-12(7-5-11)17-14-18-13(10-16-19-14)15-8-3-9-20-2/h4-7,10H,3,8-9H2,1-2H3,(H2,15,17,18,19). The van der Waals surface area contributed by atoms with Crippen LogP contribution in [-0.2, 0) is 4.74 Å². The average molecular weight is 273 g/mol. The van der Waals surface area contributed by atoms with Crippen LogP contribution in [0.3, 0.4) is 0 Å². The van der Waals surface area contributed by atoms with Gasteiger partial charge in [0.15, 0.2) is 5.82 Å². The van der Waals surface area contributed by atoms with E-state index in [1.54, 1.807) is 13.3 Å². The summed E-state index contributed by atoms with van der Waals surface area (Å²) in [6, 6.07) is 8.03. The van der Waals surface area contributed by atoms with Gasteiger partial charge in [-0.1, -0.05) is 17.7 Å². The topological polar surface area (TPSA) is 72.0 Å². The minimum Gasteiger partial charge on any atom is -0.385 e. The lowest BCUT2D eigenvalue weighted by Gasteiger charge is -2.07. The molecular formula is C14H19N5O. The molecule has 1 aromatic carbocycles. The first-order valence-electron chi connectivity index (χ1n) is 6.54. The summed E-state index contributed by atoms with van der Waals surface area (Å²) in [5.74, 6) is 1.18. The SMILES string of the molecule is COCCCNc1cnnc(Nc2ccc(C)cc2)n1. The Morgan fingerprint density at radius 2 is 2.00 bits per heavy atom. The third-order valence-corrected chi connectivity index (χ3v) is 2.70. The van der Waals surface area contributed by atoms with Crippen molar-refractivity contribution in [2.24, 2.45) is 0 Å². The van der Waals surface area contributed by atoms with Crippen molar-refractivity contribution in [2.45, 2.75) is 13.3 Å². The minimum atomic E-state index is 0.477. The molecule has 6 nitrogen and oxygen atoms in total. The third kappa shape index (κ3) is 4.47. The van der Waals surface area contributed by atoms with Gasteiger partial charge >= 0.3 is 0 Å². The van der Waals surface area contributed by atoms with Crippen LogP contribution in [0.1, 0.15) is 12.0 Å². The van der Waals surface area contributed by atoms with Crippen LogP contribution >= 0.6 is 0 Å². The number of nitrogens with one attached hydrogen (secondary N) is 2. The first-order valence-corrected chi connectivity index (χ1v) is 6.54. The molecule has 106 valence electrons. The van der Waals surface area contributed by atoms with Crippen molar-refractivity contribution in [1.29, 1.82) is 0 Å². The number of ether oxygens (including phenoxy) is 1. The summed E-state index contributed by atoms with van der Waals surface area (Å²) >= 11 is 0. The minimum absolute atomic E-state index is 0.477. The molecule has 6 heteroatoms. The average Bonchev–Trinajstić information content (AvgIpc) is 2.47. The molecule has 0 aliphatic heterocycles. The molecular weight excluding hydrogens is 254 g/mol. The molecule has 2 N–H and O–H groups in total. The maximum Gasteiger partial charge on any atom is 0.249 e. The molecule has 20 heavy (non-hydrogen) atoms. The Hall–Kier alpha value is -2.21. The summed E-state index contributed by atoms with van der Waals surface area (Å²) in [7, 11) is 1.69. The smallest absolute Gasteiger partial charge is 0.249 e. The summed E-state index contributed by atoms with van der Waals surface area (Å²) in [4.78, 5) is 4.35. The molecule has 0 bridgehead atoms. The summed E-state index contributed by atoms with van der Waals surface area (Å²) < 4.78 is 4.99. The van der Waals surface area contributed by atoms with Gasteiger partial charge in [-0.3, -0.25) is 0 Å². The Labute approximate surface area is 118 Å².